The highest BCUT2D eigenvalue weighted by molar-refractivity contribution is 5.85. The van der Waals surface area contributed by atoms with Crippen LogP contribution in [0.5, 0.6) is 11.5 Å². The van der Waals surface area contributed by atoms with E-state index in [0.29, 0.717) is 0 Å². The molecule has 0 aliphatic carbocycles. The van der Waals surface area contributed by atoms with Gasteiger partial charge in [-0.05, 0) is 30.6 Å². The van der Waals surface area contributed by atoms with Crippen LogP contribution in [0.3, 0.4) is 0 Å². The summed E-state index contributed by atoms with van der Waals surface area (Å²) in [6.45, 7) is -0.492. The van der Waals surface area contributed by atoms with Crippen LogP contribution >= 0.6 is 12.4 Å². The van der Waals surface area contributed by atoms with E-state index in [9.17, 15) is 10.2 Å². The van der Waals surface area contributed by atoms with Crippen molar-refractivity contribution in [1.82, 2.24) is 0 Å². The molecule has 0 amide bonds. The Balaban J connectivity index is 0.00000256. The first-order chi connectivity index (χ1) is 7.24. The highest BCUT2D eigenvalue weighted by Gasteiger charge is 1.98. The number of phenolic OH excluding ortho intramolecular Hbond substituents is 2. The number of halogens is 1. The van der Waals surface area contributed by atoms with Crippen molar-refractivity contribution < 1.29 is 17.1 Å². The van der Waals surface area contributed by atoms with Crippen molar-refractivity contribution in [3.63, 3.8) is 0 Å². The molecule has 3 nitrogen and oxygen atoms in total. The average Bonchev–Trinajstić information content (AvgIpc) is 2.23. The Morgan fingerprint density at radius 3 is 2.67 bits per heavy atom. The third kappa shape index (κ3) is 2.60. The first-order valence-electron chi connectivity index (χ1n) is 5.46. The Bertz CT molecular complexity index is 411. The van der Waals surface area contributed by atoms with Crippen LogP contribution in [0.25, 0.3) is 0 Å². The summed E-state index contributed by atoms with van der Waals surface area (Å²) < 4.78 is 37.1. The molecule has 0 saturated heterocycles. The van der Waals surface area contributed by atoms with Gasteiger partial charge in [0.2, 0.25) is 0 Å². The number of hydrogen-bond acceptors (Lipinski definition) is 3. The summed E-state index contributed by atoms with van der Waals surface area (Å²) in [6, 6.07) is -2.08. The summed E-state index contributed by atoms with van der Waals surface area (Å²) in [4.78, 5) is 0. The Morgan fingerprint density at radius 1 is 1.42 bits per heavy atom. The predicted octanol–water partition coefficient (Wildman–Crippen LogP) is 1.02. The number of hydrogen-bond donors (Lipinski definition) is 3. The third-order valence-corrected chi connectivity index (χ3v) is 1.05. The molecule has 0 unspecified atom stereocenters. The Morgan fingerprint density at radius 2 is 2.08 bits per heavy atom. The molecule has 0 aliphatic rings. The second-order valence-corrected chi connectivity index (χ2v) is 1.83. The number of nitrogens with two attached hydrogens (primary N) is 1. The van der Waals surface area contributed by atoms with Crippen LogP contribution in [0.1, 0.15) is 12.4 Å². The van der Waals surface area contributed by atoms with Crippen LogP contribution in [0, 0.1) is 0 Å². The van der Waals surface area contributed by atoms with Crippen molar-refractivity contribution in [2.45, 2.75) is 6.37 Å². The second-order valence-electron chi connectivity index (χ2n) is 1.83. The second kappa shape index (κ2) is 4.85. The van der Waals surface area contributed by atoms with Crippen LogP contribution in [0.2, 0.25) is 0 Å². The largest absolute Gasteiger partial charge is 0.504 e. The van der Waals surface area contributed by atoms with Crippen molar-refractivity contribution in [3.05, 3.63) is 23.7 Å². The van der Waals surface area contributed by atoms with Gasteiger partial charge in [-0.1, -0.05) is 6.04 Å². The maximum atomic E-state index is 9.30. The fourth-order valence-electron chi connectivity index (χ4n) is 0.580. The molecule has 0 atom stereocenters. The maximum Gasteiger partial charge on any atom is 0.157 e. The zero-order valence-electron chi connectivity index (χ0n) is 11.1. The normalized spacial score (nSPS) is 16.2. The van der Waals surface area contributed by atoms with Crippen molar-refractivity contribution in [2.24, 2.45) is 5.73 Å². The molecule has 68 valence electrons. The van der Waals surface area contributed by atoms with Gasteiger partial charge in [-0.15, -0.1) is 12.4 Å². The molecule has 1 aromatic rings. The van der Waals surface area contributed by atoms with Crippen LogP contribution in [-0.2, 0) is 6.37 Å². The Hall–Kier alpha value is -0.930. The lowest BCUT2D eigenvalue weighted by Gasteiger charge is -2.00. The molecule has 4 heteroatoms. The summed E-state index contributed by atoms with van der Waals surface area (Å²) in [7, 11) is 0. The zero-order chi connectivity index (χ0) is 12.7. The maximum absolute atomic E-state index is 9.30. The molecule has 0 fully saturated rings. The summed E-state index contributed by atoms with van der Waals surface area (Å²) in [5.41, 5.74) is 4.68. The fourth-order valence-corrected chi connectivity index (χ4v) is 0.580. The number of rotatable bonds is 2. The lowest BCUT2D eigenvalue weighted by Crippen LogP contribution is -2.02. The minimum atomic E-state index is -2.20. The molecule has 0 bridgehead atoms. The Kier molecular flexibility index (Phi) is 2.00. The van der Waals surface area contributed by atoms with E-state index in [4.69, 9.17) is 12.6 Å². The summed E-state index contributed by atoms with van der Waals surface area (Å²) in [5.74, 6) is -1.81. The summed E-state index contributed by atoms with van der Waals surface area (Å²) in [5, 5.41) is 18.5. The van der Waals surface area contributed by atoms with Gasteiger partial charge in [-0.3, -0.25) is 0 Å². The van der Waals surface area contributed by atoms with Crippen LogP contribution < -0.4 is 5.73 Å². The van der Waals surface area contributed by atoms with Crippen molar-refractivity contribution >= 4 is 12.4 Å². The molecule has 1 rings (SSSR count). The summed E-state index contributed by atoms with van der Waals surface area (Å²) in [6.07, 6.45) is -2.20. The number of aromatic hydroxyl groups is 2. The van der Waals surface area contributed by atoms with E-state index in [-0.39, 0.29) is 12.4 Å². The monoisotopic (exact) mass is 194 g/mol. The molecule has 12 heavy (non-hydrogen) atoms. The first-order valence-corrected chi connectivity index (χ1v) is 2.96. The molecular weight excluding hydrogens is 178 g/mol. The topological polar surface area (TPSA) is 66.5 Å². The predicted molar refractivity (Wildman–Crippen MR) is 49.8 cm³/mol. The molecular formula is C8H12ClNO2. The fraction of sp³-hybridized carbons (Fsp3) is 0.250. The van der Waals surface area contributed by atoms with Gasteiger partial charge in [-0.2, -0.15) is 0 Å². The molecule has 0 spiro atoms. The van der Waals surface area contributed by atoms with E-state index in [0.717, 1.165) is 0 Å². The molecule has 0 saturated carbocycles. The van der Waals surface area contributed by atoms with Crippen LogP contribution in [0.4, 0.5) is 0 Å². The first kappa shape index (κ1) is 4.94. The highest BCUT2D eigenvalue weighted by atomic mass is 35.5. The molecule has 0 radical (unpaired) electrons. The lowest BCUT2D eigenvalue weighted by atomic mass is 10.1. The van der Waals surface area contributed by atoms with Crippen molar-refractivity contribution in [2.75, 3.05) is 6.54 Å². The van der Waals surface area contributed by atoms with Gasteiger partial charge >= 0.3 is 0 Å². The number of phenols is 2. The molecule has 1 aromatic carbocycles. The van der Waals surface area contributed by atoms with Gasteiger partial charge < -0.3 is 15.9 Å². The summed E-state index contributed by atoms with van der Waals surface area (Å²) >= 11 is 0. The minimum Gasteiger partial charge on any atom is -0.504 e. The smallest absolute Gasteiger partial charge is 0.157 e. The van der Waals surface area contributed by atoms with Crippen molar-refractivity contribution in [3.8, 4) is 11.5 Å². The van der Waals surface area contributed by atoms with Gasteiger partial charge in [0.25, 0.3) is 0 Å². The lowest BCUT2D eigenvalue weighted by molar-refractivity contribution is 0.403. The van der Waals surface area contributed by atoms with E-state index in [1.807, 2.05) is 0 Å². The molecule has 0 heterocycles. The SMILES string of the molecule is Cl.[2H]c1c([2H])c(C([2H])([2H])CN)c([2H])c(O)c1O. The van der Waals surface area contributed by atoms with E-state index in [2.05, 4.69) is 0 Å². The van der Waals surface area contributed by atoms with E-state index in [1.165, 1.54) is 0 Å². The average molecular weight is 195 g/mol. The van der Waals surface area contributed by atoms with Gasteiger partial charge in [0.05, 0.1) is 4.11 Å². The minimum absolute atomic E-state index is 0. The third-order valence-electron chi connectivity index (χ3n) is 1.05. The standard InChI is InChI=1S/C8H11NO2.ClH/c9-4-3-6-1-2-7(10)8(11)5-6;/h1-2,5,10-11H,3-4,9H2;1H/i1D,2D,3D2,5D;. The zero-order valence-corrected chi connectivity index (χ0v) is 6.90. The van der Waals surface area contributed by atoms with E-state index < -0.39 is 48.1 Å². The van der Waals surface area contributed by atoms with Crippen molar-refractivity contribution in [1.29, 1.82) is 0 Å². The quantitative estimate of drug-likeness (QED) is 0.616. The highest BCUT2D eigenvalue weighted by Crippen LogP contribution is 2.24. The van der Waals surface area contributed by atoms with Gasteiger partial charge in [-0.25, -0.2) is 0 Å². The molecule has 0 aliphatic heterocycles. The Labute approximate surface area is 84.3 Å². The van der Waals surface area contributed by atoms with Gasteiger partial charge in [0.15, 0.2) is 11.5 Å². The van der Waals surface area contributed by atoms with Crippen LogP contribution in [-0.4, -0.2) is 16.8 Å². The molecule has 0 aromatic heterocycles. The van der Waals surface area contributed by atoms with E-state index >= 15 is 0 Å². The number of benzene rings is 1. The van der Waals surface area contributed by atoms with Gasteiger partial charge in [0, 0.05) is 2.74 Å². The van der Waals surface area contributed by atoms with Gasteiger partial charge in [0.1, 0.15) is 0 Å². The van der Waals surface area contributed by atoms with E-state index in [1.54, 1.807) is 0 Å². The molecule has 4 N–H and O–H groups in total. The van der Waals surface area contributed by atoms with Crippen LogP contribution in [0.15, 0.2) is 18.1 Å².